The van der Waals surface area contributed by atoms with Gasteiger partial charge in [0.15, 0.2) is 5.82 Å². The standard InChI is InChI=1S/C10H8Cl2N4/c11-6-2-1-3-7(12)9(6)16-10-8(13)4-14-5-15-10/h1-5H,13H2,(H,14,15,16). The number of nitrogens with zero attached hydrogens (tertiary/aromatic N) is 2. The Hall–Kier alpha value is -1.52. The molecule has 0 radical (unpaired) electrons. The molecule has 6 heteroatoms. The average molecular weight is 255 g/mol. The van der Waals surface area contributed by atoms with Crippen molar-refractivity contribution in [2.24, 2.45) is 0 Å². The summed E-state index contributed by atoms with van der Waals surface area (Å²) >= 11 is 12.0. The smallest absolute Gasteiger partial charge is 0.157 e. The Labute approximate surface area is 102 Å². The molecule has 2 rings (SSSR count). The van der Waals surface area contributed by atoms with Crippen LogP contribution >= 0.6 is 23.2 Å². The van der Waals surface area contributed by atoms with Gasteiger partial charge >= 0.3 is 0 Å². The Balaban J connectivity index is 2.38. The highest BCUT2D eigenvalue weighted by molar-refractivity contribution is 6.39. The number of hydrogen-bond donors (Lipinski definition) is 2. The van der Waals surface area contributed by atoms with Crippen molar-refractivity contribution >= 4 is 40.4 Å². The fraction of sp³-hybridized carbons (Fsp3) is 0. The maximum atomic E-state index is 6.00. The normalized spacial score (nSPS) is 10.1. The summed E-state index contributed by atoms with van der Waals surface area (Å²) in [5, 5.41) is 3.98. The van der Waals surface area contributed by atoms with Gasteiger partial charge in [-0.25, -0.2) is 9.97 Å². The van der Waals surface area contributed by atoms with Gasteiger partial charge in [0.25, 0.3) is 0 Å². The van der Waals surface area contributed by atoms with Gasteiger partial charge in [-0.2, -0.15) is 0 Å². The van der Waals surface area contributed by atoms with E-state index in [-0.39, 0.29) is 0 Å². The van der Waals surface area contributed by atoms with Crippen LogP contribution in [-0.4, -0.2) is 9.97 Å². The number of nitrogen functional groups attached to an aromatic ring is 1. The number of hydrogen-bond acceptors (Lipinski definition) is 4. The molecule has 0 saturated carbocycles. The molecular formula is C10H8Cl2N4. The van der Waals surface area contributed by atoms with E-state index in [1.54, 1.807) is 18.2 Å². The summed E-state index contributed by atoms with van der Waals surface area (Å²) in [6.45, 7) is 0. The number of rotatable bonds is 2. The van der Waals surface area contributed by atoms with Crippen LogP contribution in [0.1, 0.15) is 0 Å². The van der Waals surface area contributed by atoms with Crippen LogP contribution in [0.3, 0.4) is 0 Å². The zero-order valence-electron chi connectivity index (χ0n) is 8.11. The molecule has 0 spiro atoms. The highest BCUT2D eigenvalue weighted by Crippen LogP contribution is 2.32. The summed E-state index contributed by atoms with van der Waals surface area (Å²) < 4.78 is 0. The van der Waals surface area contributed by atoms with Crippen molar-refractivity contribution in [1.29, 1.82) is 0 Å². The van der Waals surface area contributed by atoms with Crippen LogP contribution in [0.25, 0.3) is 0 Å². The largest absolute Gasteiger partial charge is 0.394 e. The van der Waals surface area contributed by atoms with Gasteiger partial charge in [-0.05, 0) is 12.1 Å². The van der Waals surface area contributed by atoms with Crippen LogP contribution in [0.15, 0.2) is 30.7 Å². The number of para-hydroxylation sites is 1. The minimum Gasteiger partial charge on any atom is -0.394 e. The molecule has 82 valence electrons. The minimum atomic E-state index is 0.429. The van der Waals surface area contributed by atoms with E-state index in [9.17, 15) is 0 Å². The number of halogens is 2. The monoisotopic (exact) mass is 254 g/mol. The number of benzene rings is 1. The first-order chi connectivity index (χ1) is 7.68. The molecule has 0 aliphatic heterocycles. The SMILES string of the molecule is Nc1cncnc1Nc1c(Cl)cccc1Cl. The van der Waals surface area contributed by atoms with E-state index in [0.29, 0.717) is 27.2 Å². The van der Waals surface area contributed by atoms with Gasteiger partial charge in [-0.1, -0.05) is 29.3 Å². The molecular weight excluding hydrogens is 247 g/mol. The van der Waals surface area contributed by atoms with Crippen molar-refractivity contribution in [1.82, 2.24) is 9.97 Å². The van der Waals surface area contributed by atoms with Gasteiger partial charge < -0.3 is 11.1 Å². The van der Waals surface area contributed by atoms with Gasteiger partial charge in [-0.3, -0.25) is 0 Å². The van der Waals surface area contributed by atoms with Gasteiger partial charge in [-0.15, -0.1) is 0 Å². The first-order valence-electron chi connectivity index (χ1n) is 4.45. The summed E-state index contributed by atoms with van der Waals surface area (Å²) in [4.78, 5) is 7.78. The van der Waals surface area contributed by atoms with Crippen LogP contribution in [0.2, 0.25) is 10.0 Å². The molecule has 16 heavy (non-hydrogen) atoms. The molecule has 0 aliphatic rings. The van der Waals surface area contributed by atoms with E-state index in [2.05, 4.69) is 15.3 Å². The number of nitrogens with one attached hydrogen (secondary N) is 1. The summed E-state index contributed by atoms with van der Waals surface area (Å²) in [6, 6.07) is 5.22. The second kappa shape index (κ2) is 4.55. The lowest BCUT2D eigenvalue weighted by Crippen LogP contribution is -2.00. The highest BCUT2D eigenvalue weighted by Gasteiger charge is 2.07. The molecule has 0 fully saturated rings. The second-order valence-electron chi connectivity index (χ2n) is 3.05. The predicted octanol–water partition coefficient (Wildman–Crippen LogP) is 3.11. The first kappa shape index (κ1) is 11.0. The van der Waals surface area contributed by atoms with Crippen molar-refractivity contribution in [3.8, 4) is 0 Å². The van der Waals surface area contributed by atoms with Crippen LogP contribution < -0.4 is 11.1 Å². The van der Waals surface area contributed by atoms with Gasteiger partial charge in [0.1, 0.15) is 6.33 Å². The molecule has 4 nitrogen and oxygen atoms in total. The molecule has 0 atom stereocenters. The summed E-state index contributed by atoms with van der Waals surface area (Å²) in [5.74, 6) is 0.477. The third-order valence-corrected chi connectivity index (χ3v) is 2.58. The van der Waals surface area contributed by atoms with E-state index >= 15 is 0 Å². The maximum Gasteiger partial charge on any atom is 0.157 e. The maximum absolute atomic E-state index is 6.00. The highest BCUT2D eigenvalue weighted by atomic mass is 35.5. The quantitative estimate of drug-likeness (QED) is 0.865. The molecule has 2 aromatic rings. The Morgan fingerprint density at radius 3 is 2.50 bits per heavy atom. The molecule has 0 saturated heterocycles. The number of aromatic nitrogens is 2. The van der Waals surface area contributed by atoms with Crippen molar-refractivity contribution in [2.45, 2.75) is 0 Å². The van der Waals surface area contributed by atoms with E-state index in [0.717, 1.165) is 0 Å². The number of anilines is 3. The second-order valence-corrected chi connectivity index (χ2v) is 3.86. The summed E-state index contributed by atoms with van der Waals surface area (Å²) in [7, 11) is 0. The Morgan fingerprint density at radius 2 is 1.88 bits per heavy atom. The van der Waals surface area contributed by atoms with Crippen molar-refractivity contribution in [3.63, 3.8) is 0 Å². The Bertz CT molecular complexity index is 496. The topological polar surface area (TPSA) is 63.8 Å². The molecule has 0 bridgehead atoms. The van der Waals surface area contributed by atoms with Crippen molar-refractivity contribution in [2.75, 3.05) is 11.1 Å². The fourth-order valence-electron chi connectivity index (χ4n) is 1.18. The predicted molar refractivity (Wildman–Crippen MR) is 66.2 cm³/mol. The van der Waals surface area contributed by atoms with Crippen LogP contribution in [-0.2, 0) is 0 Å². The van der Waals surface area contributed by atoms with Crippen LogP contribution in [0.5, 0.6) is 0 Å². The lowest BCUT2D eigenvalue weighted by Gasteiger charge is -2.10. The zero-order valence-corrected chi connectivity index (χ0v) is 9.63. The number of nitrogens with two attached hydrogens (primary N) is 1. The summed E-state index contributed by atoms with van der Waals surface area (Å²) in [5.41, 5.74) is 6.70. The van der Waals surface area contributed by atoms with Crippen molar-refractivity contribution < 1.29 is 0 Å². The van der Waals surface area contributed by atoms with Gasteiger partial charge in [0.2, 0.25) is 0 Å². The lowest BCUT2D eigenvalue weighted by molar-refractivity contribution is 1.17. The van der Waals surface area contributed by atoms with E-state index in [4.69, 9.17) is 28.9 Å². The Kier molecular flexibility index (Phi) is 3.12. The minimum absolute atomic E-state index is 0.429. The van der Waals surface area contributed by atoms with E-state index < -0.39 is 0 Å². The van der Waals surface area contributed by atoms with Gasteiger partial charge in [0, 0.05) is 0 Å². The molecule has 0 unspecified atom stereocenters. The fourth-order valence-corrected chi connectivity index (χ4v) is 1.67. The van der Waals surface area contributed by atoms with E-state index in [1.807, 2.05) is 0 Å². The third kappa shape index (κ3) is 2.18. The zero-order chi connectivity index (χ0) is 11.5. The molecule has 0 aliphatic carbocycles. The average Bonchev–Trinajstić information content (AvgIpc) is 2.26. The summed E-state index contributed by atoms with van der Waals surface area (Å²) in [6.07, 6.45) is 2.89. The molecule has 1 aromatic carbocycles. The van der Waals surface area contributed by atoms with E-state index in [1.165, 1.54) is 12.5 Å². The molecule has 1 aromatic heterocycles. The first-order valence-corrected chi connectivity index (χ1v) is 5.20. The van der Waals surface area contributed by atoms with Gasteiger partial charge in [0.05, 0.1) is 27.6 Å². The lowest BCUT2D eigenvalue weighted by atomic mass is 10.3. The molecule has 0 amide bonds. The van der Waals surface area contributed by atoms with Crippen molar-refractivity contribution in [3.05, 3.63) is 40.8 Å². The third-order valence-electron chi connectivity index (χ3n) is 1.95. The van der Waals surface area contributed by atoms with Crippen LogP contribution in [0.4, 0.5) is 17.2 Å². The molecule has 1 heterocycles. The Morgan fingerprint density at radius 1 is 1.19 bits per heavy atom. The molecule has 3 N–H and O–H groups in total. The van der Waals surface area contributed by atoms with Crippen LogP contribution in [0, 0.1) is 0 Å².